The summed E-state index contributed by atoms with van der Waals surface area (Å²) in [4.78, 5) is 20.9. The lowest BCUT2D eigenvalue weighted by Crippen LogP contribution is -2.27. The van der Waals surface area contributed by atoms with Gasteiger partial charge in [0.1, 0.15) is 0 Å². The van der Waals surface area contributed by atoms with Crippen LogP contribution >= 0.6 is 0 Å². The number of anilines is 2. The third-order valence-electron chi connectivity index (χ3n) is 4.25. The average Bonchev–Trinajstić information content (AvgIpc) is 3.02. The fraction of sp³-hybridized carbons (Fsp3) is 0.368. The molecule has 24 heavy (non-hydrogen) atoms. The number of hydrogen-bond donors (Lipinski definition) is 1. The first-order valence-corrected chi connectivity index (χ1v) is 8.38. The van der Waals surface area contributed by atoms with Gasteiger partial charge >= 0.3 is 0 Å². The van der Waals surface area contributed by atoms with Gasteiger partial charge in [-0.05, 0) is 51.2 Å². The normalized spacial score (nSPS) is 13.2. The van der Waals surface area contributed by atoms with E-state index < -0.39 is 0 Å². The van der Waals surface area contributed by atoms with Gasteiger partial charge in [0.25, 0.3) is 5.91 Å². The molecule has 2 aromatic rings. The third kappa shape index (κ3) is 3.74. The van der Waals surface area contributed by atoms with Gasteiger partial charge in [-0.15, -0.1) is 0 Å². The monoisotopic (exact) mass is 324 g/mol. The van der Waals surface area contributed by atoms with Gasteiger partial charge in [-0.25, -0.2) is 0 Å². The highest BCUT2D eigenvalue weighted by atomic mass is 16.1. The fourth-order valence-electron chi connectivity index (χ4n) is 3.01. The number of para-hydroxylation sites is 1. The van der Waals surface area contributed by atoms with Gasteiger partial charge < -0.3 is 15.1 Å². The maximum Gasteiger partial charge on any atom is 0.252 e. The van der Waals surface area contributed by atoms with Crippen LogP contribution in [-0.2, 0) is 6.42 Å². The number of pyridine rings is 1. The molecule has 1 aliphatic rings. The number of carbonyl (C=O) groups excluding carboxylic acids is 1. The Morgan fingerprint density at radius 1 is 1.29 bits per heavy atom. The first kappa shape index (κ1) is 16.5. The Morgan fingerprint density at radius 2 is 2.12 bits per heavy atom. The van der Waals surface area contributed by atoms with Crippen molar-refractivity contribution in [2.45, 2.75) is 12.8 Å². The Kier molecular flexibility index (Phi) is 5.11. The number of nitrogens with zero attached hydrogens (tertiary/aromatic N) is 3. The second-order valence-corrected chi connectivity index (χ2v) is 6.37. The van der Waals surface area contributed by atoms with Crippen molar-refractivity contribution in [2.75, 3.05) is 38.6 Å². The Morgan fingerprint density at radius 3 is 2.96 bits per heavy atom. The summed E-state index contributed by atoms with van der Waals surface area (Å²) in [6.45, 7) is 2.56. The zero-order chi connectivity index (χ0) is 16.9. The molecule has 5 heteroatoms. The molecule has 0 aliphatic carbocycles. The van der Waals surface area contributed by atoms with Crippen molar-refractivity contribution in [3.05, 3.63) is 53.9 Å². The smallest absolute Gasteiger partial charge is 0.252 e. The molecule has 0 saturated heterocycles. The molecule has 0 saturated carbocycles. The van der Waals surface area contributed by atoms with E-state index in [0.717, 1.165) is 31.6 Å². The summed E-state index contributed by atoms with van der Waals surface area (Å²) in [5.41, 5.74) is 4.14. The van der Waals surface area contributed by atoms with Crippen molar-refractivity contribution >= 4 is 17.3 Å². The number of carbonyl (C=O) groups is 1. The molecule has 0 unspecified atom stereocenters. The second kappa shape index (κ2) is 7.45. The van der Waals surface area contributed by atoms with Gasteiger partial charge in [0, 0.05) is 25.0 Å². The molecule has 2 heterocycles. The molecular formula is C19H24N4O. The number of benzene rings is 1. The number of nitrogens with one attached hydrogen (secondary N) is 1. The van der Waals surface area contributed by atoms with Crippen molar-refractivity contribution in [2.24, 2.45) is 0 Å². The number of fused-ring (bicyclic) bond motifs is 1. The molecule has 126 valence electrons. The predicted octanol–water partition coefficient (Wildman–Crippen LogP) is 2.46. The number of aromatic nitrogens is 1. The summed E-state index contributed by atoms with van der Waals surface area (Å²) in [5, 5.41) is 2.97. The number of rotatable bonds is 6. The van der Waals surface area contributed by atoms with Crippen molar-refractivity contribution in [1.82, 2.24) is 15.2 Å². The topological polar surface area (TPSA) is 48.5 Å². The minimum Gasteiger partial charge on any atom is -0.352 e. The highest BCUT2D eigenvalue weighted by Gasteiger charge is 2.20. The molecule has 5 nitrogen and oxygen atoms in total. The molecular weight excluding hydrogens is 300 g/mol. The number of amides is 1. The Labute approximate surface area is 143 Å². The SMILES string of the molecule is CN(C)CCCNC(=O)c1cncc(N2CCc3ccccc32)c1. The quantitative estimate of drug-likeness (QED) is 0.829. The van der Waals surface area contributed by atoms with E-state index in [1.54, 1.807) is 6.20 Å². The van der Waals surface area contributed by atoms with Crippen LogP contribution in [0.5, 0.6) is 0 Å². The highest BCUT2D eigenvalue weighted by molar-refractivity contribution is 5.95. The second-order valence-electron chi connectivity index (χ2n) is 6.37. The van der Waals surface area contributed by atoms with Gasteiger partial charge in [-0.1, -0.05) is 18.2 Å². The van der Waals surface area contributed by atoms with Gasteiger partial charge in [0.2, 0.25) is 0 Å². The molecule has 0 fully saturated rings. The first-order valence-electron chi connectivity index (χ1n) is 8.38. The van der Waals surface area contributed by atoms with Crippen molar-refractivity contribution in [3.63, 3.8) is 0 Å². The molecule has 0 spiro atoms. The molecule has 1 N–H and O–H groups in total. The largest absolute Gasteiger partial charge is 0.352 e. The maximum absolute atomic E-state index is 12.3. The van der Waals surface area contributed by atoms with Crippen LogP contribution < -0.4 is 10.2 Å². The lowest BCUT2D eigenvalue weighted by Gasteiger charge is -2.19. The van der Waals surface area contributed by atoms with Crippen LogP contribution in [0.4, 0.5) is 11.4 Å². The van der Waals surface area contributed by atoms with E-state index >= 15 is 0 Å². The van der Waals surface area contributed by atoms with Gasteiger partial charge in [0.15, 0.2) is 0 Å². The average molecular weight is 324 g/mol. The van der Waals surface area contributed by atoms with Crippen LogP contribution in [0.25, 0.3) is 0 Å². The Bertz CT molecular complexity index is 714. The zero-order valence-electron chi connectivity index (χ0n) is 14.3. The molecule has 1 amide bonds. The van der Waals surface area contributed by atoms with Gasteiger partial charge in [-0.2, -0.15) is 0 Å². The summed E-state index contributed by atoms with van der Waals surface area (Å²) in [6.07, 6.45) is 5.42. The van der Waals surface area contributed by atoms with Crippen LogP contribution in [0.3, 0.4) is 0 Å². The molecule has 1 aliphatic heterocycles. The predicted molar refractivity (Wildman–Crippen MR) is 96.9 cm³/mol. The van der Waals surface area contributed by atoms with E-state index in [9.17, 15) is 4.79 Å². The standard InChI is InChI=1S/C19H24N4O/c1-22(2)10-5-9-21-19(24)16-12-17(14-20-13-16)23-11-8-15-6-3-4-7-18(15)23/h3-4,6-7,12-14H,5,8-11H2,1-2H3,(H,21,24). The molecule has 0 bridgehead atoms. The fourth-order valence-corrected chi connectivity index (χ4v) is 3.01. The number of hydrogen-bond acceptors (Lipinski definition) is 4. The maximum atomic E-state index is 12.3. The summed E-state index contributed by atoms with van der Waals surface area (Å²) in [5.74, 6) is -0.0596. The lowest BCUT2D eigenvalue weighted by molar-refractivity contribution is 0.0952. The summed E-state index contributed by atoms with van der Waals surface area (Å²) in [6, 6.07) is 10.3. The van der Waals surface area contributed by atoms with Crippen LogP contribution in [0.15, 0.2) is 42.7 Å². The van der Waals surface area contributed by atoms with E-state index in [2.05, 4.69) is 38.3 Å². The Hall–Kier alpha value is -2.40. The van der Waals surface area contributed by atoms with Gasteiger partial charge in [0.05, 0.1) is 17.4 Å². The van der Waals surface area contributed by atoms with Crippen LogP contribution in [0.1, 0.15) is 22.3 Å². The summed E-state index contributed by atoms with van der Waals surface area (Å²) >= 11 is 0. The Balaban J connectivity index is 1.68. The summed E-state index contributed by atoms with van der Waals surface area (Å²) in [7, 11) is 4.06. The molecule has 0 atom stereocenters. The molecule has 0 radical (unpaired) electrons. The van der Waals surface area contributed by atoms with Crippen LogP contribution in [-0.4, -0.2) is 49.5 Å². The van der Waals surface area contributed by atoms with Gasteiger partial charge in [-0.3, -0.25) is 9.78 Å². The highest BCUT2D eigenvalue weighted by Crippen LogP contribution is 2.33. The molecule has 1 aromatic heterocycles. The van der Waals surface area contributed by atoms with E-state index in [-0.39, 0.29) is 5.91 Å². The molecule has 3 rings (SSSR count). The van der Waals surface area contributed by atoms with Crippen LogP contribution in [0, 0.1) is 0 Å². The van der Waals surface area contributed by atoms with Crippen molar-refractivity contribution in [3.8, 4) is 0 Å². The van der Waals surface area contributed by atoms with E-state index in [4.69, 9.17) is 0 Å². The minimum absolute atomic E-state index is 0.0596. The van der Waals surface area contributed by atoms with Crippen LogP contribution in [0.2, 0.25) is 0 Å². The minimum atomic E-state index is -0.0596. The molecule has 1 aromatic carbocycles. The van der Waals surface area contributed by atoms with E-state index in [1.807, 2.05) is 32.4 Å². The summed E-state index contributed by atoms with van der Waals surface area (Å²) < 4.78 is 0. The van der Waals surface area contributed by atoms with E-state index in [0.29, 0.717) is 12.1 Å². The third-order valence-corrected chi connectivity index (χ3v) is 4.25. The van der Waals surface area contributed by atoms with Crippen molar-refractivity contribution < 1.29 is 4.79 Å². The van der Waals surface area contributed by atoms with E-state index in [1.165, 1.54) is 11.3 Å². The lowest BCUT2D eigenvalue weighted by atomic mass is 10.2. The van der Waals surface area contributed by atoms with Crippen molar-refractivity contribution in [1.29, 1.82) is 0 Å². The zero-order valence-corrected chi connectivity index (χ0v) is 14.3. The first-order chi connectivity index (χ1) is 11.6.